The Kier molecular flexibility index (Phi) is 8.71. The molecule has 1 aliphatic rings. The summed E-state index contributed by atoms with van der Waals surface area (Å²) in [5, 5.41) is 6.70. The van der Waals surface area contributed by atoms with Crippen LogP contribution < -0.4 is 15.4 Å². The zero-order chi connectivity index (χ0) is 18.8. The summed E-state index contributed by atoms with van der Waals surface area (Å²) in [4.78, 5) is 7.01. The van der Waals surface area contributed by atoms with Gasteiger partial charge >= 0.3 is 0 Å². The second kappa shape index (κ2) is 11.0. The van der Waals surface area contributed by atoms with Gasteiger partial charge in [-0.25, -0.2) is 4.99 Å². The van der Waals surface area contributed by atoms with Crippen LogP contribution in [0.15, 0.2) is 23.2 Å². The lowest BCUT2D eigenvalue weighted by atomic mass is 10.1. The van der Waals surface area contributed by atoms with Crippen molar-refractivity contribution < 1.29 is 9.47 Å². The molecule has 6 heteroatoms. The summed E-state index contributed by atoms with van der Waals surface area (Å²) in [6.45, 7) is 12.1. The lowest BCUT2D eigenvalue weighted by Gasteiger charge is -2.17. The van der Waals surface area contributed by atoms with Crippen LogP contribution in [-0.2, 0) is 11.3 Å². The van der Waals surface area contributed by atoms with Gasteiger partial charge in [0.25, 0.3) is 0 Å². The topological polar surface area (TPSA) is 58.1 Å². The monoisotopic (exact) mass is 362 g/mol. The molecule has 2 N–H and O–H groups in total. The van der Waals surface area contributed by atoms with Gasteiger partial charge in [0.15, 0.2) is 5.96 Å². The summed E-state index contributed by atoms with van der Waals surface area (Å²) in [7, 11) is 2.12. The maximum Gasteiger partial charge on any atom is 0.191 e. The fourth-order valence-electron chi connectivity index (χ4n) is 2.72. The first-order valence-corrected chi connectivity index (χ1v) is 9.67. The highest BCUT2D eigenvalue weighted by molar-refractivity contribution is 5.79. The van der Waals surface area contributed by atoms with Crippen LogP contribution in [0.3, 0.4) is 0 Å². The molecule has 0 bridgehead atoms. The van der Waals surface area contributed by atoms with Crippen molar-refractivity contribution in [1.82, 2.24) is 15.5 Å². The molecule has 1 aromatic carbocycles. The molecule has 1 fully saturated rings. The molecule has 2 rings (SSSR count). The minimum Gasteiger partial charge on any atom is -0.488 e. The molecule has 1 aliphatic heterocycles. The summed E-state index contributed by atoms with van der Waals surface area (Å²) < 4.78 is 11.6. The first-order chi connectivity index (χ1) is 12.6. The predicted octanol–water partition coefficient (Wildman–Crippen LogP) is 2.17. The predicted molar refractivity (Wildman–Crippen MR) is 107 cm³/mol. The van der Waals surface area contributed by atoms with E-state index < -0.39 is 0 Å². The fraction of sp³-hybridized carbons (Fsp3) is 0.650. The van der Waals surface area contributed by atoms with E-state index >= 15 is 0 Å². The number of hydrogen-bond acceptors (Lipinski definition) is 4. The Labute approximate surface area is 158 Å². The van der Waals surface area contributed by atoms with Gasteiger partial charge in [0.2, 0.25) is 0 Å². The van der Waals surface area contributed by atoms with E-state index in [2.05, 4.69) is 61.6 Å². The van der Waals surface area contributed by atoms with Gasteiger partial charge in [-0.15, -0.1) is 0 Å². The Bertz CT molecular complexity index is 571. The quantitative estimate of drug-likeness (QED) is 0.521. The zero-order valence-corrected chi connectivity index (χ0v) is 16.7. The van der Waals surface area contributed by atoms with Crippen molar-refractivity contribution in [2.45, 2.75) is 39.8 Å². The lowest BCUT2D eigenvalue weighted by Crippen LogP contribution is -2.40. The third kappa shape index (κ3) is 6.84. The molecule has 6 nitrogen and oxygen atoms in total. The Balaban J connectivity index is 2.00. The lowest BCUT2D eigenvalue weighted by molar-refractivity contribution is 0.140. The smallest absolute Gasteiger partial charge is 0.191 e. The van der Waals surface area contributed by atoms with Gasteiger partial charge in [-0.1, -0.05) is 19.1 Å². The van der Waals surface area contributed by atoms with E-state index in [0.717, 1.165) is 56.5 Å². The Morgan fingerprint density at radius 2 is 2.19 bits per heavy atom. The van der Waals surface area contributed by atoms with Crippen LogP contribution in [0.1, 0.15) is 31.4 Å². The fourth-order valence-corrected chi connectivity index (χ4v) is 2.72. The first kappa shape index (κ1) is 20.5. The van der Waals surface area contributed by atoms with E-state index in [1.165, 1.54) is 5.56 Å². The number of aryl methyl sites for hydroxylation is 1. The van der Waals surface area contributed by atoms with Crippen molar-refractivity contribution >= 4 is 5.96 Å². The number of rotatable bonds is 9. The molecule has 1 atom stereocenters. The summed E-state index contributed by atoms with van der Waals surface area (Å²) in [6.07, 6.45) is 1.10. The average Bonchev–Trinajstić information content (AvgIpc) is 3.13. The van der Waals surface area contributed by atoms with Crippen molar-refractivity contribution in [3.8, 4) is 5.75 Å². The number of ether oxygens (including phenoxy) is 2. The number of hydrogen-bond donors (Lipinski definition) is 2. The largest absolute Gasteiger partial charge is 0.488 e. The number of nitrogens with one attached hydrogen (secondary N) is 2. The summed E-state index contributed by atoms with van der Waals surface area (Å²) >= 11 is 0. The van der Waals surface area contributed by atoms with Crippen LogP contribution in [0.2, 0.25) is 0 Å². The third-order valence-corrected chi connectivity index (χ3v) is 4.48. The third-order valence-electron chi connectivity index (χ3n) is 4.48. The average molecular weight is 363 g/mol. The van der Waals surface area contributed by atoms with Crippen molar-refractivity contribution in [3.63, 3.8) is 0 Å². The van der Waals surface area contributed by atoms with Crippen LogP contribution >= 0.6 is 0 Å². The highest BCUT2D eigenvalue weighted by Gasteiger charge is 2.18. The summed E-state index contributed by atoms with van der Waals surface area (Å²) in [5.41, 5.74) is 2.30. The van der Waals surface area contributed by atoms with Crippen LogP contribution in [0.4, 0.5) is 0 Å². The molecule has 0 saturated carbocycles. The van der Waals surface area contributed by atoms with Crippen LogP contribution in [0.5, 0.6) is 5.75 Å². The Morgan fingerprint density at radius 1 is 1.35 bits per heavy atom. The van der Waals surface area contributed by atoms with E-state index in [1.54, 1.807) is 0 Å². The normalized spacial score (nSPS) is 17.6. The number of guanidine groups is 1. The van der Waals surface area contributed by atoms with Gasteiger partial charge in [-0.2, -0.15) is 0 Å². The summed E-state index contributed by atoms with van der Waals surface area (Å²) in [5.74, 6) is 1.76. The molecule has 0 aromatic heterocycles. The van der Waals surface area contributed by atoms with Crippen LogP contribution in [-0.4, -0.2) is 63.4 Å². The number of aliphatic imine (C=N–C) groups is 1. The molecule has 0 amide bonds. The van der Waals surface area contributed by atoms with Crippen LogP contribution in [0.25, 0.3) is 0 Å². The second-order valence-corrected chi connectivity index (χ2v) is 6.73. The van der Waals surface area contributed by atoms with Gasteiger partial charge in [0.05, 0.1) is 19.8 Å². The van der Waals surface area contributed by atoms with Gasteiger partial charge < -0.3 is 25.0 Å². The van der Waals surface area contributed by atoms with Gasteiger partial charge in [0.1, 0.15) is 11.9 Å². The molecule has 146 valence electrons. The minimum atomic E-state index is 0.149. The molecule has 0 spiro atoms. The number of benzene rings is 1. The van der Waals surface area contributed by atoms with E-state index in [9.17, 15) is 0 Å². The SMILES string of the molecule is CCNC(=NCc1ccc(C)cc1OC1CCOC1)NCCN(C)CC. The summed E-state index contributed by atoms with van der Waals surface area (Å²) in [6, 6.07) is 6.32. The molecule has 1 saturated heterocycles. The molecule has 1 heterocycles. The van der Waals surface area contributed by atoms with Crippen LogP contribution in [0, 0.1) is 6.92 Å². The second-order valence-electron chi connectivity index (χ2n) is 6.73. The van der Waals surface area contributed by atoms with Crippen molar-refractivity contribution in [3.05, 3.63) is 29.3 Å². The maximum atomic E-state index is 6.16. The molecule has 1 unspecified atom stereocenters. The highest BCUT2D eigenvalue weighted by atomic mass is 16.5. The number of nitrogens with zero attached hydrogens (tertiary/aromatic N) is 2. The molecular formula is C20H34N4O2. The Morgan fingerprint density at radius 3 is 2.88 bits per heavy atom. The van der Waals surface area contributed by atoms with Gasteiger partial charge in [-0.3, -0.25) is 0 Å². The van der Waals surface area contributed by atoms with Crippen molar-refractivity contribution in [2.24, 2.45) is 4.99 Å². The standard InChI is InChI=1S/C20H34N4O2/c1-5-21-20(22-10-11-24(4)6-2)23-14-17-8-7-16(3)13-19(17)26-18-9-12-25-15-18/h7-8,13,18H,5-6,9-12,14-15H2,1-4H3,(H2,21,22,23). The Hall–Kier alpha value is -1.79. The molecule has 0 aliphatic carbocycles. The van der Waals surface area contributed by atoms with E-state index in [-0.39, 0.29) is 6.10 Å². The molecule has 1 aromatic rings. The van der Waals surface area contributed by atoms with E-state index in [0.29, 0.717) is 13.2 Å². The van der Waals surface area contributed by atoms with Gasteiger partial charge in [0, 0.05) is 31.6 Å². The maximum absolute atomic E-state index is 6.16. The zero-order valence-electron chi connectivity index (χ0n) is 16.7. The van der Waals surface area contributed by atoms with Crippen molar-refractivity contribution in [1.29, 1.82) is 0 Å². The van der Waals surface area contributed by atoms with E-state index in [1.807, 2.05) is 0 Å². The van der Waals surface area contributed by atoms with Gasteiger partial charge in [-0.05, 0) is 39.1 Å². The highest BCUT2D eigenvalue weighted by Crippen LogP contribution is 2.24. The minimum absolute atomic E-state index is 0.149. The molecule has 26 heavy (non-hydrogen) atoms. The van der Waals surface area contributed by atoms with E-state index in [4.69, 9.17) is 14.5 Å². The molecular weight excluding hydrogens is 328 g/mol. The first-order valence-electron chi connectivity index (χ1n) is 9.67. The number of likely N-dealkylation sites (N-methyl/N-ethyl adjacent to an activating group) is 1. The van der Waals surface area contributed by atoms with Crippen molar-refractivity contribution in [2.75, 3.05) is 46.4 Å². The molecule has 0 radical (unpaired) electrons.